The molecular formula is C12H12BrNO2S2. The Bertz CT molecular complexity index is 606. The van der Waals surface area contributed by atoms with E-state index in [-0.39, 0.29) is 10.9 Å². The molecule has 0 aliphatic heterocycles. The normalized spacial score (nSPS) is 13.4. The third-order valence-corrected chi connectivity index (χ3v) is 5.57. The Kier molecular flexibility index (Phi) is 4.21. The lowest BCUT2D eigenvalue weighted by Crippen LogP contribution is -2.26. The first-order chi connectivity index (χ1) is 8.49. The summed E-state index contributed by atoms with van der Waals surface area (Å²) in [7, 11) is -3.47. The molecule has 0 saturated carbocycles. The molecule has 1 aromatic carbocycles. The van der Waals surface area contributed by atoms with Crippen molar-refractivity contribution in [3.63, 3.8) is 0 Å². The molecule has 0 bridgehead atoms. The fourth-order valence-electron chi connectivity index (χ4n) is 1.51. The van der Waals surface area contributed by atoms with E-state index in [9.17, 15) is 8.42 Å². The minimum Gasteiger partial charge on any atom is -0.207 e. The summed E-state index contributed by atoms with van der Waals surface area (Å²) >= 11 is 4.82. The quantitative estimate of drug-likeness (QED) is 0.920. The van der Waals surface area contributed by atoms with Gasteiger partial charge in [-0.05, 0) is 42.6 Å². The van der Waals surface area contributed by atoms with Gasteiger partial charge in [0.25, 0.3) is 0 Å². The van der Waals surface area contributed by atoms with Crippen LogP contribution in [0.2, 0.25) is 0 Å². The van der Waals surface area contributed by atoms with Crippen molar-refractivity contribution in [2.75, 3.05) is 0 Å². The molecule has 0 radical (unpaired) electrons. The molecule has 0 aliphatic carbocycles. The molecule has 6 heteroatoms. The lowest BCUT2D eigenvalue weighted by molar-refractivity contribution is 0.568. The van der Waals surface area contributed by atoms with Crippen molar-refractivity contribution in [3.8, 4) is 0 Å². The van der Waals surface area contributed by atoms with Crippen molar-refractivity contribution >= 4 is 37.3 Å². The first-order valence-electron chi connectivity index (χ1n) is 5.30. The van der Waals surface area contributed by atoms with Gasteiger partial charge in [0.1, 0.15) is 0 Å². The first kappa shape index (κ1) is 13.7. The van der Waals surface area contributed by atoms with E-state index >= 15 is 0 Å². The Morgan fingerprint density at radius 2 is 1.89 bits per heavy atom. The Balaban J connectivity index is 2.20. The zero-order valence-corrected chi connectivity index (χ0v) is 12.8. The average molecular weight is 346 g/mol. The van der Waals surface area contributed by atoms with Crippen molar-refractivity contribution < 1.29 is 8.42 Å². The van der Waals surface area contributed by atoms with Gasteiger partial charge < -0.3 is 0 Å². The molecule has 0 saturated heterocycles. The number of hydrogen-bond acceptors (Lipinski definition) is 3. The molecule has 2 aromatic rings. The topological polar surface area (TPSA) is 46.2 Å². The van der Waals surface area contributed by atoms with E-state index in [0.717, 1.165) is 9.35 Å². The fraction of sp³-hybridized carbons (Fsp3) is 0.167. The highest BCUT2D eigenvalue weighted by atomic mass is 79.9. The zero-order chi connectivity index (χ0) is 13.2. The van der Waals surface area contributed by atoms with Crippen molar-refractivity contribution in [2.45, 2.75) is 17.9 Å². The number of hydrogen-bond donors (Lipinski definition) is 1. The van der Waals surface area contributed by atoms with Crippen molar-refractivity contribution in [2.24, 2.45) is 0 Å². The van der Waals surface area contributed by atoms with E-state index in [4.69, 9.17) is 0 Å². The summed E-state index contributed by atoms with van der Waals surface area (Å²) in [5.41, 5.74) is 0. The summed E-state index contributed by atoms with van der Waals surface area (Å²) < 4.78 is 27.8. The third kappa shape index (κ3) is 3.20. The molecule has 0 amide bonds. The van der Waals surface area contributed by atoms with E-state index in [0.29, 0.717) is 0 Å². The number of nitrogens with one attached hydrogen (secondary N) is 1. The highest BCUT2D eigenvalue weighted by molar-refractivity contribution is 9.10. The van der Waals surface area contributed by atoms with Crippen LogP contribution in [0.1, 0.15) is 17.8 Å². The summed E-state index contributed by atoms with van der Waals surface area (Å²) in [5.74, 6) is 0. The Morgan fingerprint density at radius 3 is 2.44 bits per heavy atom. The second kappa shape index (κ2) is 5.52. The largest absolute Gasteiger partial charge is 0.241 e. The molecule has 96 valence electrons. The summed E-state index contributed by atoms with van der Waals surface area (Å²) in [5, 5.41) is 1.93. The van der Waals surface area contributed by atoms with Gasteiger partial charge in [-0.2, -0.15) is 0 Å². The van der Waals surface area contributed by atoms with Crippen LogP contribution in [0.15, 0.2) is 51.1 Å². The standard InChI is InChI=1S/C12H12BrNO2S2/c1-9(12-3-2-8-17-12)14-18(15,16)11-6-4-10(13)5-7-11/h2-9,14H,1H3/t9-/m1/s1. The number of thiophene rings is 1. The highest BCUT2D eigenvalue weighted by Crippen LogP contribution is 2.21. The van der Waals surface area contributed by atoms with Gasteiger partial charge in [-0.3, -0.25) is 0 Å². The highest BCUT2D eigenvalue weighted by Gasteiger charge is 2.18. The summed E-state index contributed by atoms with van der Waals surface area (Å²) in [6.45, 7) is 1.84. The number of benzene rings is 1. The van der Waals surface area contributed by atoms with Crippen molar-refractivity contribution in [1.29, 1.82) is 0 Å². The summed E-state index contributed by atoms with van der Waals surface area (Å²) in [6, 6.07) is 10.2. The molecule has 3 nitrogen and oxygen atoms in total. The van der Waals surface area contributed by atoms with E-state index in [2.05, 4.69) is 20.7 Å². The lowest BCUT2D eigenvalue weighted by atomic mass is 10.3. The van der Waals surface area contributed by atoms with Crippen LogP contribution >= 0.6 is 27.3 Å². The molecule has 0 aliphatic rings. The van der Waals surface area contributed by atoms with Gasteiger partial charge in [0.2, 0.25) is 10.0 Å². The fourth-order valence-corrected chi connectivity index (χ4v) is 3.81. The molecule has 1 heterocycles. The second-order valence-electron chi connectivity index (χ2n) is 3.81. The van der Waals surface area contributed by atoms with Crippen molar-refractivity contribution in [3.05, 3.63) is 51.1 Å². The van der Waals surface area contributed by atoms with Gasteiger partial charge in [-0.25, -0.2) is 13.1 Å². The van der Waals surface area contributed by atoms with E-state index in [1.165, 1.54) is 11.3 Å². The van der Waals surface area contributed by atoms with Crippen LogP contribution in [0.3, 0.4) is 0 Å². The van der Waals surface area contributed by atoms with Gasteiger partial charge in [0.05, 0.1) is 10.9 Å². The van der Waals surface area contributed by atoms with Crippen LogP contribution in [0.5, 0.6) is 0 Å². The molecule has 18 heavy (non-hydrogen) atoms. The van der Waals surface area contributed by atoms with Crippen LogP contribution in [-0.4, -0.2) is 8.42 Å². The number of rotatable bonds is 4. The third-order valence-electron chi connectivity index (χ3n) is 2.43. The number of halogens is 1. The Hall–Kier alpha value is -0.690. The van der Waals surface area contributed by atoms with Crippen LogP contribution in [0.4, 0.5) is 0 Å². The van der Waals surface area contributed by atoms with Crippen LogP contribution in [0, 0.1) is 0 Å². The maximum Gasteiger partial charge on any atom is 0.241 e. The maximum atomic E-state index is 12.1. The Labute approximate surface area is 119 Å². The predicted molar refractivity (Wildman–Crippen MR) is 77.2 cm³/mol. The SMILES string of the molecule is C[C@@H](NS(=O)(=O)c1ccc(Br)cc1)c1cccs1. The van der Waals surface area contributed by atoms with Crippen LogP contribution in [0.25, 0.3) is 0 Å². The molecule has 0 spiro atoms. The molecule has 2 rings (SSSR count). The monoisotopic (exact) mass is 345 g/mol. The van der Waals surface area contributed by atoms with E-state index in [1.54, 1.807) is 24.3 Å². The van der Waals surface area contributed by atoms with Gasteiger partial charge >= 0.3 is 0 Å². The zero-order valence-electron chi connectivity index (χ0n) is 9.63. The molecule has 1 atom stereocenters. The van der Waals surface area contributed by atoms with Crippen LogP contribution in [-0.2, 0) is 10.0 Å². The maximum absolute atomic E-state index is 12.1. The molecule has 0 fully saturated rings. The minimum atomic E-state index is -3.47. The van der Waals surface area contributed by atoms with Gasteiger partial charge in [0.15, 0.2) is 0 Å². The van der Waals surface area contributed by atoms with Gasteiger partial charge in [0, 0.05) is 9.35 Å². The van der Waals surface area contributed by atoms with E-state index in [1.807, 2.05) is 24.4 Å². The van der Waals surface area contributed by atoms with Gasteiger partial charge in [-0.15, -0.1) is 11.3 Å². The summed E-state index contributed by atoms with van der Waals surface area (Å²) in [6.07, 6.45) is 0. The van der Waals surface area contributed by atoms with E-state index < -0.39 is 10.0 Å². The van der Waals surface area contributed by atoms with Crippen molar-refractivity contribution in [1.82, 2.24) is 4.72 Å². The minimum absolute atomic E-state index is 0.223. The predicted octanol–water partition coefficient (Wildman–Crippen LogP) is 3.55. The Morgan fingerprint density at radius 1 is 1.22 bits per heavy atom. The summed E-state index contributed by atoms with van der Waals surface area (Å²) in [4.78, 5) is 1.27. The molecule has 1 aromatic heterocycles. The van der Waals surface area contributed by atoms with Crippen LogP contribution < -0.4 is 4.72 Å². The lowest BCUT2D eigenvalue weighted by Gasteiger charge is -2.12. The number of sulfonamides is 1. The molecular weight excluding hydrogens is 334 g/mol. The second-order valence-corrected chi connectivity index (χ2v) is 7.42. The molecule has 1 N–H and O–H groups in total. The molecule has 0 unspecified atom stereocenters. The first-order valence-corrected chi connectivity index (χ1v) is 8.46. The average Bonchev–Trinajstić information content (AvgIpc) is 2.82. The smallest absolute Gasteiger partial charge is 0.207 e. The van der Waals surface area contributed by atoms with Gasteiger partial charge in [-0.1, -0.05) is 22.0 Å².